The van der Waals surface area contributed by atoms with Crippen molar-refractivity contribution in [3.8, 4) is 0 Å². The molecule has 0 saturated carbocycles. The maximum Gasteiger partial charge on any atom is 0.0720 e. The number of allylic oxidation sites excluding steroid dienone is 2. The van der Waals surface area contributed by atoms with Crippen LogP contribution in [0.5, 0.6) is 0 Å². The Morgan fingerprint density at radius 3 is 2.54 bits per heavy atom. The predicted molar refractivity (Wildman–Crippen MR) is 58.6 cm³/mol. The summed E-state index contributed by atoms with van der Waals surface area (Å²) < 4.78 is 0. The minimum absolute atomic E-state index is 0.332. The molecule has 1 N–H and O–H groups in total. The molecule has 1 nitrogen and oxygen atoms in total. The fraction of sp³-hybridized carbons (Fsp3) is 0.667. The lowest BCUT2D eigenvalue weighted by molar-refractivity contribution is 0.188. The van der Waals surface area contributed by atoms with Gasteiger partial charge in [-0.25, -0.2) is 0 Å². The third kappa shape index (κ3) is 7.79. The van der Waals surface area contributed by atoms with Crippen molar-refractivity contribution in [2.24, 2.45) is 5.92 Å². The van der Waals surface area contributed by atoms with Gasteiger partial charge in [0.2, 0.25) is 0 Å². The van der Waals surface area contributed by atoms with Crippen molar-refractivity contribution >= 4 is 0 Å². The highest BCUT2D eigenvalue weighted by atomic mass is 16.3. The van der Waals surface area contributed by atoms with Gasteiger partial charge in [0.1, 0.15) is 0 Å². The van der Waals surface area contributed by atoms with Crippen molar-refractivity contribution in [1.82, 2.24) is 0 Å². The van der Waals surface area contributed by atoms with Crippen molar-refractivity contribution in [2.75, 3.05) is 0 Å². The van der Waals surface area contributed by atoms with E-state index in [0.29, 0.717) is 5.92 Å². The SMILES string of the molecule is C=CC(O)CC(C)CCC=C(C)C. The van der Waals surface area contributed by atoms with Crippen LogP contribution in [0.25, 0.3) is 0 Å². The Morgan fingerprint density at radius 2 is 2.08 bits per heavy atom. The lowest BCUT2D eigenvalue weighted by Gasteiger charge is -2.12. The molecule has 0 aromatic rings. The van der Waals surface area contributed by atoms with Crippen LogP contribution < -0.4 is 0 Å². The van der Waals surface area contributed by atoms with Crippen LogP contribution in [0.2, 0.25) is 0 Å². The van der Waals surface area contributed by atoms with Gasteiger partial charge in [0.05, 0.1) is 6.10 Å². The van der Waals surface area contributed by atoms with Gasteiger partial charge in [-0.15, -0.1) is 6.58 Å². The van der Waals surface area contributed by atoms with Gasteiger partial charge in [0.15, 0.2) is 0 Å². The molecule has 0 aliphatic heterocycles. The number of hydrogen-bond donors (Lipinski definition) is 1. The molecule has 0 aliphatic carbocycles. The fourth-order valence-corrected chi connectivity index (χ4v) is 1.28. The lowest BCUT2D eigenvalue weighted by atomic mass is 9.98. The molecule has 0 radical (unpaired) electrons. The van der Waals surface area contributed by atoms with Gasteiger partial charge in [-0.3, -0.25) is 0 Å². The Bertz CT molecular complexity index is 166. The molecule has 0 amide bonds. The smallest absolute Gasteiger partial charge is 0.0720 e. The zero-order valence-electron chi connectivity index (χ0n) is 9.09. The minimum Gasteiger partial charge on any atom is -0.389 e. The highest BCUT2D eigenvalue weighted by molar-refractivity contribution is 4.93. The summed E-state index contributed by atoms with van der Waals surface area (Å²) in [5.41, 5.74) is 1.37. The van der Waals surface area contributed by atoms with Crippen LogP contribution in [0, 0.1) is 5.92 Å². The molecule has 0 bridgehead atoms. The highest BCUT2D eigenvalue weighted by Gasteiger charge is 2.05. The molecule has 2 unspecified atom stereocenters. The molecule has 1 heteroatoms. The Hall–Kier alpha value is -0.560. The van der Waals surface area contributed by atoms with E-state index in [1.165, 1.54) is 5.57 Å². The summed E-state index contributed by atoms with van der Waals surface area (Å²) in [7, 11) is 0. The van der Waals surface area contributed by atoms with E-state index in [-0.39, 0.29) is 6.10 Å². The van der Waals surface area contributed by atoms with E-state index in [1.54, 1.807) is 6.08 Å². The van der Waals surface area contributed by atoms with Gasteiger partial charge in [-0.1, -0.05) is 24.6 Å². The summed E-state index contributed by atoms with van der Waals surface area (Å²) in [6.45, 7) is 9.96. The van der Waals surface area contributed by atoms with Gasteiger partial charge in [0.25, 0.3) is 0 Å². The second kappa shape index (κ2) is 6.90. The molecule has 0 spiro atoms. The maximum absolute atomic E-state index is 9.30. The average Bonchev–Trinajstić information content (AvgIpc) is 2.03. The van der Waals surface area contributed by atoms with Crippen LogP contribution in [0.3, 0.4) is 0 Å². The molecule has 0 heterocycles. The summed E-state index contributed by atoms with van der Waals surface area (Å²) in [5.74, 6) is 0.573. The van der Waals surface area contributed by atoms with Crippen LogP contribution in [0.1, 0.15) is 40.0 Å². The average molecular weight is 182 g/mol. The Morgan fingerprint density at radius 1 is 1.46 bits per heavy atom. The van der Waals surface area contributed by atoms with E-state index >= 15 is 0 Å². The molecule has 0 aromatic heterocycles. The zero-order valence-corrected chi connectivity index (χ0v) is 9.09. The molecule has 0 rings (SSSR count). The number of hydrogen-bond acceptors (Lipinski definition) is 1. The van der Waals surface area contributed by atoms with E-state index in [2.05, 4.69) is 33.4 Å². The van der Waals surface area contributed by atoms with Crippen LogP contribution >= 0.6 is 0 Å². The molecule has 2 atom stereocenters. The first-order chi connectivity index (χ1) is 6.06. The monoisotopic (exact) mass is 182 g/mol. The second-order valence-corrected chi connectivity index (χ2v) is 4.00. The summed E-state index contributed by atoms with van der Waals surface area (Å²) in [4.78, 5) is 0. The van der Waals surface area contributed by atoms with Crippen molar-refractivity contribution in [3.63, 3.8) is 0 Å². The molecule has 0 saturated heterocycles. The van der Waals surface area contributed by atoms with Crippen molar-refractivity contribution in [1.29, 1.82) is 0 Å². The topological polar surface area (TPSA) is 20.2 Å². The fourth-order valence-electron chi connectivity index (χ4n) is 1.28. The second-order valence-electron chi connectivity index (χ2n) is 4.00. The number of aliphatic hydroxyl groups is 1. The first-order valence-electron chi connectivity index (χ1n) is 5.00. The molecule has 0 aliphatic rings. The third-order valence-electron chi connectivity index (χ3n) is 2.13. The largest absolute Gasteiger partial charge is 0.389 e. The Labute approximate surface area is 82.2 Å². The number of aliphatic hydroxyl groups excluding tert-OH is 1. The summed E-state index contributed by atoms with van der Waals surface area (Å²) in [5, 5.41) is 9.30. The van der Waals surface area contributed by atoms with Gasteiger partial charge in [-0.05, 0) is 39.0 Å². The Balaban J connectivity index is 3.57. The molecule has 76 valence electrons. The first kappa shape index (κ1) is 12.4. The van der Waals surface area contributed by atoms with Gasteiger partial charge in [0, 0.05) is 0 Å². The van der Waals surface area contributed by atoms with Crippen LogP contribution in [0.4, 0.5) is 0 Å². The lowest BCUT2D eigenvalue weighted by Crippen LogP contribution is -2.07. The van der Waals surface area contributed by atoms with E-state index in [4.69, 9.17) is 0 Å². The van der Waals surface area contributed by atoms with E-state index < -0.39 is 0 Å². The minimum atomic E-state index is -0.332. The van der Waals surface area contributed by atoms with Crippen LogP contribution in [0.15, 0.2) is 24.3 Å². The molecular weight excluding hydrogens is 160 g/mol. The first-order valence-corrected chi connectivity index (χ1v) is 5.00. The Kier molecular flexibility index (Phi) is 6.61. The van der Waals surface area contributed by atoms with Gasteiger partial charge < -0.3 is 5.11 Å². The van der Waals surface area contributed by atoms with Crippen LogP contribution in [-0.2, 0) is 0 Å². The van der Waals surface area contributed by atoms with Gasteiger partial charge >= 0.3 is 0 Å². The van der Waals surface area contributed by atoms with E-state index in [0.717, 1.165) is 19.3 Å². The van der Waals surface area contributed by atoms with E-state index in [9.17, 15) is 5.11 Å². The normalized spacial score (nSPS) is 14.8. The zero-order chi connectivity index (χ0) is 10.3. The standard InChI is InChI=1S/C12H22O/c1-5-12(13)9-11(4)8-6-7-10(2)3/h5,7,11-13H,1,6,8-9H2,2-4H3. The highest BCUT2D eigenvalue weighted by Crippen LogP contribution is 2.14. The third-order valence-corrected chi connectivity index (χ3v) is 2.13. The van der Waals surface area contributed by atoms with Crippen molar-refractivity contribution < 1.29 is 5.11 Å². The molecular formula is C12H22O. The van der Waals surface area contributed by atoms with Gasteiger partial charge in [-0.2, -0.15) is 0 Å². The van der Waals surface area contributed by atoms with Crippen molar-refractivity contribution in [3.05, 3.63) is 24.3 Å². The van der Waals surface area contributed by atoms with E-state index in [1.807, 2.05) is 0 Å². The summed E-state index contributed by atoms with van der Waals surface area (Å²) in [6.07, 6.45) is 6.62. The predicted octanol–water partition coefficient (Wildman–Crippen LogP) is 3.31. The van der Waals surface area contributed by atoms with Crippen molar-refractivity contribution in [2.45, 2.75) is 46.1 Å². The molecule has 0 aromatic carbocycles. The maximum atomic E-state index is 9.30. The molecule has 0 fully saturated rings. The quantitative estimate of drug-likeness (QED) is 0.625. The summed E-state index contributed by atoms with van der Waals surface area (Å²) >= 11 is 0. The summed E-state index contributed by atoms with van der Waals surface area (Å²) in [6, 6.07) is 0. The van der Waals surface area contributed by atoms with Crippen LogP contribution in [-0.4, -0.2) is 11.2 Å². The molecule has 13 heavy (non-hydrogen) atoms. The number of rotatable bonds is 6.